The first-order chi connectivity index (χ1) is 10.6. The van der Waals surface area contributed by atoms with Gasteiger partial charge >= 0.3 is 5.97 Å². The molecule has 0 spiro atoms. The van der Waals surface area contributed by atoms with E-state index >= 15 is 0 Å². The van der Waals surface area contributed by atoms with Gasteiger partial charge in [0.2, 0.25) is 0 Å². The van der Waals surface area contributed by atoms with Crippen LogP contribution in [0.3, 0.4) is 0 Å². The van der Waals surface area contributed by atoms with Gasteiger partial charge in [0.25, 0.3) is 5.56 Å². The van der Waals surface area contributed by atoms with Gasteiger partial charge in [0.05, 0.1) is 16.5 Å². The summed E-state index contributed by atoms with van der Waals surface area (Å²) in [4.78, 5) is 30.6. The highest BCUT2D eigenvalue weighted by atomic mass is 16.5. The van der Waals surface area contributed by atoms with E-state index in [2.05, 4.69) is 9.97 Å². The predicted octanol–water partition coefficient (Wildman–Crippen LogP) is 1.99. The van der Waals surface area contributed by atoms with E-state index < -0.39 is 5.97 Å². The van der Waals surface area contributed by atoms with E-state index in [9.17, 15) is 14.7 Å². The Balaban J connectivity index is 1.77. The van der Waals surface area contributed by atoms with Crippen LogP contribution in [-0.4, -0.2) is 21.0 Å². The van der Waals surface area contributed by atoms with Crippen molar-refractivity contribution in [3.05, 3.63) is 70.3 Å². The van der Waals surface area contributed by atoms with Crippen LogP contribution in [0, 0.1) is 0 Å². The van der Waals surface area contributed by atoms with Gasteiger partial charge in [-0.2, -0.15) is 0 Å². The van der Waals surface area contributed by atoms with Crippen LogP contribution in [0.2, 0.25) is 0 Å². The van der Waals surface area contributed by atoms with Gasteiger partial charge in [0.1, 0.15) is 18.2 Å². The number of hydrogen-bond donors (Lipinski definition) is 2. The van der Waals surface area contributed by atoms with Crippen molar-refractivity contribution in [2.75, 3.05) is 0 Å². The lowest BCUT2D eigenvalue weighted by molar-refractivity contribution is 0.0462. The number of hydrogen-bond acceptors (Lipinski definition) is 5. The summed E-state index contributed by atoms with van der Waals surface area (Å²) < 4.78 is 5.10. The number of benzene rings is 2. The quantitative estimate of drug-likeness (QED) is 0.721. The number of aromatic hydroxyl groups is 1. The number of fused-ring (bicyclic) bond motifs is 1. The maximum absolute atomic E-state index is 11.9. The summed E-state index contributed by atoms with van der Waals surface area (Å²) >= 11 is 0. The molecule has 0 atom stereocenters. The smallest absolute Gasteiger partial charge is 0.338 e. The maximum Gasteiger partial charge on any atom is 0.338 e. The van der Waals surface area contributed by atoms with Crippen molar-refractivity contribution in [3.63, 3.8) is 0 Å². The van der Waals surface area contributed by atoms with E-state index in [-0.39, 0.29) is 23.7 Å². The molecule has 0 saturated heterocycles. The van der Waals surface area contributed by atoms with E-state index in [1.54, 1.807) is 24.3 Å². The average Bonchev–Trinajstić information content (AvgIpc) is 2.53. The summed E-state index contributed by atoms with van der Waals surface area (Å²) in [6, 6.07) is 12.6. The normalized spacial score (nSPS) is 10.5. The Kier molecular flexibility index (Phi) is 3.57. The number of nitrogens with one attached hydrogen (secondary N) is 1. The molecule has 1 aromatic heterocycles. The number of nitrogens with zero attached hydrogens (tertiary/aromatic N) is 1. The lowest BCUT2D eigenvalue weighted by atomic mass is 10.2. The lowest BCUT2D eigenvalue weighted by Crippen LogP contribution is -2.14. The molecular weight excluding hydrogens is 284 g/mol. The zero-order valence-corrected chi connectivity index (χ0v) is 11.4. The molecule has 6 nitrogen and oxygen atoms in total. The molecule has 3 rings (SSSR count). The maximum atomic E-state index is 11.9. The highest BCUT2D eigenvalue weighted by Gasteiger charge is 2.09. The van der Waals surface area contributed by atoms with Crippen LogP contribution in [0.25, 0.3) is 10.9 Å². The van der Waals surface area contributed by atoms with E-state index in [4.69, 9.17) is 4.74 Å². The number of aromatic amines is 1. The number of aromatic nitrogens is 2. The van der Waals surface area contributed by atoms with Crippen LogP contribution in [-0.2, 0) is 11.3 Å². The molecule has 0 unspecified atom stereocenters. The minimum Gasteiger partial charge on any atom is -0.508 e. The molecule has 0 radical (unpaired) electrons. The molecule has 2 aromatic carbocycles. The number of rotatable bonds is 3. The van der Waals surface area contributed by atoms with Crippen molar-refractivity contribution in [2.45, 2.75) is 6.61 Å². The van der Waals surface area contributed by atoms with Gasteiger partial charge in [0.15, 0.2) is 0 Å². The fraction of sp³-hybridized carbons (Fsp3) is 0.0625. The summed E-state index contributed by atoms with van der Waals surface area (Å²) in [5.41, 5.74) is 0.573. The van der Waals surface area contributed by atoms with E-state index in [1.165, 1.54) is 24.3 Å². The van der Waals surface area contributed by atoms with Crippen molar-refractivity contribution < 1.29 is 14.6 Å². The van der Waals surface area contributed by atoms with Crippen molar-refractivity contribution in [2.24, 2.45) is 0 Å². The highest BCUT2D eigenvalue weighted by molar-refractivity contribution is 5.89. The number of esters is 1. The lowest BCUT2D eigenvalue weighted by Gasteiger charge is -2.05. The Labute approximate surface area is 125 Å². The van der Waals surface area contributed by atoms with Gasteiger partial charge in [0, 0.05) is 0 Å². The summed E-state index contributed by atoms with van der Waals surface area (Å²) in [7, 11) is 0. The topological polar surface area (TPSA) is 92.3 Å². The molecule has 0 aliphatic carbocycles. The minimum atomic E-state index is -0.559. The Morgan fingerprint density at radius 1 is 1.14 bits per heavy atom. The summed E-state index contributed by atoms with van der Waals surface area (Å²) in [5, 5.41) is 9.66. The molecule has 2 N–H and O–H groups in total. The molecule has 0 aliphatic heterocycles. The van der Waals surface area contributed by atoms with Crippen LogP contribution in [0.5, 0.6) is 5.75 Å². The molecular formula is C16H12N2O4. The standard InChI is InChI=1S/C16H12N2O4/c19-11-7-5-10(6-8-11)16(21)22-9-14-17-13-4-2-1-3-12(13)15(20)18-14/h1-8,19H,9H2,(H,17,18,20). The van der Waals surface area contributed by atoms with Crippen molar-refractivity contribution in [3.8, 4) is 5.75 Å². The molecule has 6 heteroatoms. The molecule has 3 aromatic rings. The third-order valence-corrected chi connectivity index (χ3v) is 3.10. The number of para-hydroxylation sites is 1. The second kappa shape index (κ2) is 5.69. The Bertz CT molecular complexity index is 885. The van der Waals surface area contributed by atoms with Crippen molar-refractivity contribution in [1.82, 2.24) is 9.97 Å². The first kappa shape index (κ1) is 13.8. The first-order valence-corrected chi connectivity index (χ1v) is 6.57. The summed E-state index contributed by atoms with van der Waals surface area (Å²) in [6.07, 6.45) is 0. The predicted molar refractivity (Wildman–Crippen MR) is 79.6 cm³/mol. The summed E-state index contributed by atoms with van der Waals surface area (Å²) in [6.45, 7) is -0.139. The van der Waals surface area contributed by atoms with Crippen molar-refractivity contribution in [1.29, 1.82) is 0 Å². The summed E-state index contributed by atoms with van der Waals surface area (Å²) in [5.74, 6) is -0.219. The number of carbonyl (C=O) groups excluding carboxylic acids is 1. The molecule has 110 valence electrons. The second-order valence-corrected chi connectivity index (χ2v) is 4.65. The van der Waals surface area contributed by atoms with Gasteiger partial charge < -0.3 is 14.8 Å². The van der Waals surface area contributed by atoms with Crippen LogP contribution in [0.15, 0.2) is 53.3 Å². The van der Waals surface area contributed by atoms with Gasteiger partial charge in [-0.25, -0.2) is 9.78 Å². The molecule has 1 heterocycles. The molecule has 0 saturated carbocycles. The van der Waals surface area contributed by atoms with Crippen molar-refractivity contribution >= 4 is 16.9 Å². The fourth-order valence-electron chi connectivity index (χ4n) is 2.02. The van der Waals surface area contributed by atoms with Gasteiger partial charge in [-0.05, 0) is 36.4 Å². The van der Waals surface area contributed by atoms with Crippen LogP contribution >= 0.6 is 0 Å². The van der Waals surface area contributed by atoms with Crippen LogP contribution < -0.4 is 5.56 Å². The largest absolute Gasteiger partial charge is 0.508 e. The Morgan fingerprint density at radius 3 is 2.64 bits per heavy atom. The highest BCUT2D eigenvalue weighted by Crippen LogP contribution is 2.11. The number of phenolic OH excluding ortho intramolecular Hbond substituents is 1. The van der Waals surface area contributed by atoms with Crippen LogP contribution in [0.1, 0.15) is 16.2 Å². The van der Waals surface area contributed by atoms with E-state index in [0.29, 0.717) is 16.5 Å². The molecule has 22 heavy (non-hydrogen) atoms. The van der Waals surface area contributed by atoms with E-state index in [1.807, 2.05) is 0 Å². The molecule has 0 fully saturated rings. The first-order valence-electron chi connectivity index (χ1n) is 6.57. The Hall–Kier alpha value is -3.15. The number of phenols is 1. The fourth-order valence-corrected chi connectivity index (χ4v) is 2.02. The average molecular weight is 296 g/mol. The van der Waals surface area contributed by atoms with Gasteiger partial charge in [-0.3, -0.25) is 4.79 Å². The molecule has 0 bridgehead atoms. The van der Waals surface area contributed by atoms with Gasteiger partial charge in [-0.1, -0.05) is 12.1 Å². The minimum absolute atomic E-state index is 0.0667. The zero-order valence-electron chi connectivity index (χ0n) is 11.4. The SMILES string of the molecule is O=C(OCc1nc2ccccc2c(=O)[nH]1)c1ccc(O)cc1. The molecule has 0 aliphatic rings. The van der Waals surface area contributed by atoms with Crippen LogP contribution in [0.4, 0.5) is 0 Å². The number of H-pyrrole nitrogens is 1. The third kappa shape index (κ3) is 2.80. The van der Waals surface area contributed by atoms with Gasteiger partial charge in [-0.15, -0.1) is 0 Å². The molecule has 0 amide bonds. The third-order valence-electron chi connectivity index (χ3n) is 3.10. The monoisotopic (exact) mass is 296 g/mol. The second-order valence-electron chi connectivity index (χ2n) is 4.65. The number of ether oxygens (including phenoxy) is 1. The Morgan fingerprint density at radius 2 is 1.86 bits per heavy atom. The zero-order chi connectivity index (χ0) is 15.5. The number of carbonyl (C=O) groups is 1. The van der Waals surface area contributed by atoms with E-state index in [0.717, 1.165) is 0 Å².